The van der Waals surface area contributed by atoms with Gasteiger partial charge in [0, 0.05) is 18.0 Å². The standard InChI is InChI=1S/C17H25NO2/c1-4-17(2,13-18-14-9-10-14)11-12-20-16-8-6-5-7-15(16)19-3/h4-8,14,18H,1,9-13H2,2-3H3. The summed E-state index contributed by atoms with van der Waals surface area (Å²) in [5, 5.41) is 3.57. The van der Waals surface area contributed by atoms with Crippen LogP contribution in [0.25, 0.3) is 0 Å². The molecule has 20 heavy (non-hydrogen) atoms. The Morgan fingerprint density at radius 3 is 2.65 bits per heavy atom. The summed E-state index contributed by atoms with van der Waals surface area (Å²) >= 11 is 0. The number of para-hydroxylation sites is 2. The molecular formula is C17H25NO2. The normalized spacial score (nSPS) is 17.3. The highest BCUT2D eigenvalue weighted by Gasteiger charge is 2.26. The van der Waals surface area contributed by atoms with Crippen molar-refractivity contribution in [3.63, 3.8) is 0 Å². The first-order valence-corrected chi connectivity index (χ1v) is 7.30. The van der Waals surface area contributed by atoms with E-state index in [1.54, 1.807) is 7.11 Å². The minimum Gasteiger partial charge on any atom is -0.493 e. The van der Waals surface area contributed by atoms with Crippen molar-refractivity contribution in [3.05, 3.63) is 36.9 Å². The smallest absolute Gasteiger partial charge is 0.161 e. The van der Waals surface area contributed by atoms with E-state index in [1.165, 1.54) is 12.8 Å². The maximum absolute atomic E-state index is 5.85. The molecule has 110 valence electrons. The van der Waals surface area contributed by atoms with E-state index in [0.717, 1.165) is 30.5 Å². The van der Waals surface area contributed by atoms with Gasteiger partial charge in [-0.1, -0.05) is 25.1 Å². The molecule has 1 aromatic rings. The Kier molecular flexibility index (Phi) is 5.07. The number of ether oxygens (including phenoxy) is 2. The number of hydrogen-bond acceptors (Lipinski definition) is 3. The molecule has 1 aliphatic carbocycles. The number of benzene rings is 1. The Morgan fingerprint density at radius 1 is 1.35 bits per heavy atom. The van der Waals surface area contributed by atoms with Gasteiger partial charge >= 0.3 is 0 Å². The van der Waals surface area contributed by atoms with Gasteiger partial charge in [0.05, 0.1) is 13.7 Å². The van der Waals surface area contributed by atoms with Gasteiger partial charge < -0.3 is 14.8 Å². The Balaban J connectivity index is 1.81. The van der Waals surface area contributed by atoms with Crippen molar-refractivity contribution in [1.82, 2.24) is 5.32 Å². The average Bonchev–Trinajstić information content (AvgIpc) is 3.30. The third-order valence-electron chi connectivity index (χ3n) is 3.86. The molecule has 0 bridgehead atoms. The predicted octanol–water partition coefficient (Wildman–Crippen LogP) is 3.41. The Bertz CT molecular complexity index is 442. The first-order chi connectivity index (χ1) is 9.67. The van der Waals surface area contributed by atoms with Gasteiger partial charge in [0.15, 0.2) is 11.5 Å². The van der Waals surface area contributed by atoms with E-state index in [9.17, 15) is 0 Å². The molecule has 1 N–H and O–H groups in total. The average molecular weight is 275 g/mol. The van der Waals surface area contributed by atoms with Crippen molar-refractivity contribution in [3.8, 4) is 11.5 Å². The van der Waals surface area contributed by atoms with Gasteiger partial charge in [-0.15, -0.1) is 6.58 Å². The van der Waals surface area contributed by atoms with Crippen LogP contribution in [0.15, 0.2) is 36.9 Å². The molecular weight excluding hydrogens is 250 g/mol. The summed E-state index contributed by atoms with van der Waals surface area (Å²) < 4.78 is 11.1. The van der Waals surface area contributed by atoms with Crippen molar-refractivity contribution in [1.29, 1.82) is 0 Å². The van der Waals surface area contributed by atoms with Gasteiger partial charge in [0.2, 0.25) is 0 Å². The lowest BCUT2D eigenvalue weighted by Crippen LogP contribution is -2.32. The molecule has 0 heterocycles. The number of hydrogen-bond donors (Lipinski definition) is 1. The molecule has 1 aliphatic rings. The number of methoxy groups -OCH3 is 1. The highest BCUT2D eigenvalue weighted by atomic mass is 16.5. The SMILES string of the molecule is C=CC(C)(CCOc1ccccc1OC)CNC1CC1. The Morgan fingerprint density at radius 2 is 2.05 bits per heavy atom. The van der Waals surface area contributed by atoms with E-state index >= 15 is 0 Å². The molecule has 0 radical (unpaired) electrons. The summed E-state index contributed by atoms with van der Waals surface area (Å²) in [4.78, 5) is 0. The zero-order valence-corrected chi connectivity index (χ0v) is 12.5. The maximum Gasteiger partial charge on any atom is 0.161 e. The molecule has 0 amide bonds. The fourth-order valence-electron chi connectivity index (χ4n) is 2.06. The van der Waals surface area contributed by atoms with Gasteiger partial charge in [-0.2, -0.15) is 0 Å². The molecule has 3 nitrogen and oxygen atoms in total. The van der Waals surface area contributed by atoms with E-state index in [-0.39, 0.29) is 5.41 Å². The Labute approximate surface area is 122 Å². The van der Waals surface area contributed by atoms with Gasteiger partial charge in [-0.05, 0) is 31.4 Å². The minimum atomic E-state index is 0.0740. The van der Waals surface area contributed by atoms with Gasteiger partial charge in [-0.25, -0.2) is 0 Å². The van der Waals surface area contributed by atoms with Crippen LogP contribution in [0.2, 0.25) is 0 Å². The van der Waals surface area contributed by atoms with Crippen molar-refractivity contribution in [2.24, 2.45) is 5.41 Å². The summed E-state index contributed by atoms with van der Waals surface area (Å²) in [6, 6.07) is 8.48. The molecule has 0 saturated heterocycles. The van der Waals surface area contributed by atoms with Crippen molar-refractivity contribution in [2.75, 3.05) is 20.3 Å². The maximum atomic E-state index is 5.85. The largest absolute Gasteiger partial charge is 0.493 e. The quantitative estimate of drug-likeness (QED) is 0.701. The van der Waals surface area contributed by atoms with E-state index in [4.69, 9.17) is 9.47 Å². The molecule has 1 fully saturated rings. The second kappa shape index (κ2) is 6.80. The predicted molar refractivity (Wildman–Crippen MR) is 82.4 cm³/mol. The first-order valence-electron chi connectivity index (χ1n) is 7.30. The zero-order valence-electron chi connectivity index (χ0n) is 12.5. The topological polar surface area (TPSA) is 30.5 Å². The Hall–Kier alpha value is -1.48. The van der Waals surface area contributed by atoms with Crippen LogP contribution in [0.1, 0.15) is 26.2 Å². The molecule has 1 atom stereocenters. The molecule has 1 saturated carbocycles. The van der Waals surface area contributed by atoms with Gasteiger partial charge in [0.1, 0.15) is 0 Å². The molecule has 0 spiro atoms. The van der Waals surface area contributed by atoms with Crippen LogP contribution in [0.5, 0.6) is 11.5 Å². The lowest BCUT2D eigenvalue weighted by molar-refractivity contribution is 0.235. The summed E-state index contributed by atoms with van der Waals surface area (Å²) in [5.74, 6) is 1.58. The van der Waals surface area contributed by atoms with Crippen LogP contribution < -0.4 is 14.8 Å². The molecule has 3 heteroatoms. The van der Waals surface area contributed by atoms with Crippen LogP contribution in [-0.2, 0) is 0 Å². The second-order valence-corrected chi connectivity index (χ2v) is 5.76. The summed E-state index contributed by atoms with van der Waals surface area (Å²) in [7, 11) is 1.66. The fourth-order valence-corrected chi connectivity index (χ4v) is 2.06. The van der Waals surface area contributed by atoms with Crippen molar-refractivity contribution >= 4 is 0 Å². The van der Waals surface area contributed by atoms with E-state index < -0.39 is 0 Å². The van der Waals surface area contributed by atoms with Crippen LogP contribution in [-0.4, -0.2) is 26.3 Å². The van der Waals surface area contributed by atoms with E-state index in [0.29, 0.717) is 6.61 Å². The van der Waals surface area contributed by atoms with Crippen LogP contribution in [0, 0.1) is 5.41 Å². The number of nitrogens with one attached hydrogen (secondary N) is 1. The molecule has 0 aromatic heterocycles. The first kappa shape index (κ1) is 14.9. The monoisotopic (exact) mass is 275 g/mol. The van der Waals surface area contributed by atoms with Gasteiger partial charge in [-0.3, -0.25) is 0 Å². The van der Waals surface area contributed by atoms with Crippen LogP contribution in [0.3, 0.4) is 0 Å². The van der Waals surface area contributed by atoms with E-state index in [2.05, 4.69) is 18.8 Å². The molecule has 2 rings (SSSR count). The molecule has 0 aliphatic heterocycles. The van der Waals surface area contributed by atoms with Crippen molar-refractivity contribution < 1.29 is 9.47 Å². The highest BCUT2D eigenvalue weighted by molar-refractivity contribution is 5.39. The van der Waals surface area contributed by atoms with Crippen LogP contribution >= 0.6 is 0 Å². The lowest BCUT2D eigenvalue weighted by Gasteiger charge is -2.26. The van der Waals surface area contributed by atoms with Crippen molar-refractivity contribution in [2.45, 2.75) is 32.2 Å². The van der Waals surface area contributed by atoms with Gasteiger partial charge in [0.25, 0.3) is 0 Å². The third-order valence-corrected chi connectivity index (χ3v) is 3.86. The van der Waals surface area contributed by atoms with E-state index in [1.807, 2.05) is 30.3 Å². The summed E-state index contributed by atoms with van der Waals surface area (Å²) in [6.45, 7) is 7.82. The minimum absolute atomic E-state index is 0.0740. The third kappa shape index (κ3) is 4.27. The summed E-state index contributed by atoms with van der Waals surface area (Å²) in [5.41, 5.74) is 0.0740. The lowest BCUT2D eigenvalue weighted by atomic mass is 9.87. The second-order valence-electron chi connectivity index (χ2n) is 5.76. The number of rotatable bonds is 9. The zero-order chi connectivity index (χ0) is 14.4. The molecule has 1 unspecified atom stereocenters. The van der Waals surface area contributed by atoms with Crippen LogP contribution in [0.4, 0.5) is 0 Å². The summed E-state index contributed by atoms with van der Waals surface area (Å²) in [6.07, 6.45) is 5.60. The fraction of sp³-hybridized carbons (Fsp3) is 0.529. The highest BCUT2D eigenvalue weighted by Crippen LogP contribution is 2.29. The molecule has 1 aromatic carbocycles.